The number of thioether (sulfide) groups is 1. The Morgan fingerprint density at radius 2 is 1.90 bits per heavy atom. The maximum atomic E-state index is 13.0. The minimum atomic E-state index is -0.242. The lowest BCUT2D eigenvalue weighted by atomic mass is 10.0. The fourth-order valence-corrected chi connectivity index (χ4v) is 5.27. The number of aromatic nitrogens is 3. The lowest BCUT2D eigenvalue weighted by Crippen LogP contribution is -2.25. The number of hydrogen-bond donors (Lipinski definition) is 1. The summed E-state index contributed by atoms with van der Waals surface area (Å²) < 4.78 is 3.39. The molecule has 1 aromatic carbocycles. The van der Waals surface area contributed by atoms with Crippen LogP contribution in [0, 0.1) is 0 Å². The molecule has 5 nitrogen and oxygen atoms in total. The molecule has 1 atom stereocenters. The topological polar surface area (TPSA) is 59.3 Å². The van der Waals surface area contributed by atoms with Crippen LogP contribution in [-0.4, -0.2) is 25.8 Å². The lowest BCUT2D eigenvalue weighted by molar-refractivity contribution is -0.115. The number of amides is 1. The molecule has 3 aromatic heterocycles. The number of carbonyl (C=O) groups is 1. The Bertz CT molecular complexity index is 1180. The fraction of sp³-hybridized carbons (Fsp3) is 0.348. The lowest BCUT2D eigenvalue weighted by Gasteiger charge is -2.16. The number of thiophene rings is 1. The predicted octanol–water partition coefficient (Wildman–Crippen LogP) is 6.14. The van der Waals surface area contributed by atoms with Crippen molar-refractivity contribution in [2.75, 3.05) is 5.32 Å². The third-order valence-electron chi connectivity index (χ3n) is 5.23. The quantitative estimate of drug-likeness (QED) is 0.352. The number of rotatable bonds is 7. The summed E-state index contributed by atoms with van der Waals surface area (Å²) in [6.07, 6.45) is 1.51. The molecule has 0 aliphatic rings. The van der Waals surface area contributed by atoms with Crippen LogP contribution in [0.5, 0.6) is 0 Å². The van der Waals surface area contributed by atoms with Crippen LogP contribution >= 0.6 is 23.1 Å². The number of hydrogen-bond acceptors (Lipinski definition) is 5. The van der Waals surface area contributed by atoms with Gasteiger partial charge in [0.1, 0.15) is 10.9 Å². The van der Waals surface area contributed by atoms with Crippen LogP contribution in [0.3, 0.4) is 0 Å². The molecular weight excluding hydrogens is 412 g/mol. The van der Waals surface area contributed by atoms with Crippen molar-refractivity contribution in [3.05, 3.63) is 53.2 Å². The molecular formula is C23H26N4OS2. The van der Waals surface area contributed by atoms with E-state index in [1.165, 1.54) is 22.0 Å². The van der Waals surface area contributed by atoms with Crippen LogP contribution in [0.25, 0.3) is 15.7 Å². The van der Waals surface area contributed by atoms with Crippen molar-refractivity contribution in [1.29, 1.82) is 0 Å². The Balaban J connectivity index is 1.58. The Morgan fingerprint density at radius 3 is 2.57 bits per heavy atom. The maximum Gasteiger partial charge on any atom is 0.237 e. The molecule has 0 aliphatic carbocycles. The average Bonchev–Trinajstić information content (AvgIpc) is 3.34. The van der Waals surface area contributed by atoms with E-state index in [4.69, 9.17) is 0 Å². The Kier molecular flexibility index (Phi) is 6.11. The van der Waals surface area contributed by atoms with Gasteiger partial charge in [-0.3, -0.25) is 9.20 Å². The van der Waals surface area contributed by atoms with Crippen LogP contribution in [0.2, 0.25) is 0 Å². The number of aryl methyl sites for hydroxylation is 1. The van der Waals surface area contributed by atoms with Gasteiger partial charge in [-0.2, -0.15) is 0 Å². The van der Waals surface area contributed by atoms with E-state index in [-0.39, 0.29) is 11.2 Å². The van der Waals surface area contributed by atoms with E-state index in [0.717, 1.165) is 34.0 Å². The first-order chi connectivity index (χ1) is 14.5. The molecule has 3 heterocycles. The van der Waals surface area contributed by atoms with Crippen LogP contribution in [0.1, 0.15) is 51.4 Å². The summed E-state index contributed by atoms with van der Waals surface area (Å²) in [4.78, 5) is 13.0. The number of carbonyl (C=O) groups excluding carboxylic acids is 1. The average molecular weight is 439 g/mol. The fourth-order valence-electron chi connectivity index (χ4n) is 3.50. The first-order valence-corrected chi connectivity index (χ1v) is 12.1. The van der Waals surface area contributed by atoms with E-state index < -0.39 is 0 Å². The largest absolute Gasteiger partial charge is 0.325 e. The highest BCUT2D eigenvalue weighted by Crippen LogP contribution is 2.34. The van der Waals surface area contributed by atoms with E-state index >= 15 is 0 Å². The first kappa shape index (κ1) is 20.9. The zero-order valence-corrected chi connectivity index (χ0v) is 19.3. The van der Waals surface area contributed by atoms with Gasteiger partial charge in [0.15, 0.2) is 0 Å². The third-order valence-corrected chi connectivity index (χ3v) is 7.43. The van der Waals surface area contributed by atoms with E-state index in [0.29, 0.717) is 12.3 Å². The second kappa shape index (κ2) is 8.78. The normalized spacial score (nSPS) is 12.7. The van der Waals surface area contributed by atoms with Gasteiger partial charge in [0.05, 0.1) is 21.0 Å². The molecule has 7 heteroatoms. The van der Waals surface area contributed by atoms with Crippen LogP contribution in [0.4, 0.5) is 5.69 Å². The highest BCUT2D eigenvalue weighted by atomic mass is 32.2. The molecule has 4 aromatic rings. The van der Waals surface area contributed by atoms with Gasteiger partial charge in [-0.15, -0.1) is 21.5 Å². The van der Waals surface area contributed by atoms with Gasteiger partial charge in [0.25, 0.3) is 0 Å². The van der Waals surface area contributed by atoms with E-state index in [1.54, 1.807) is 11.3 Å². The molecule has 0 bridgehead atoms. The minimum absolute atomic E-state index is 0.00677. The van der Waals surface area contributed by atoms with Gasteiger partial charge in [-0.1, -0.05) is 51.6 Å². The molecule has 156 valence electrons. The summed E-state index contributed by atoms with van der Waals surface area (Å²) in [5.74, 6) is 1.40. The van der Waals surface area contributed by atoms with Crippen LogP contribution < -0.4 is 5.32 Å². The molecule has 4 rings (SSSR count). The summed E-state index contributed by atoms with van der Waals surface area (Å²) in [5, 5.41) is 14.6. The molecule has 1 amide bonds. The SMILES string of the molecule is CCc1nnc(SC(CC)C(=O)Nc2ccc(C(C)C)cc2)c2cc3sccc3n12. The van der Waals surface area contributed by atoms with Crippen molar-refractivity contribution in [2.45, 2.75) is 56.7 Å². The molecule has 0 saturated heterocycles. The van der Waals surface area contributed by atoms with Gasteiger partial charge in [0.2, 0.25) is 5.91 Å². The van der Waals surface area contributed by atoms with Gasteiger partial charge < -0.3 is 5.32 Å². The van der Waals surface area contributed by atoms with Crippen molar-refractivity contribution in [1.82, 2.24) is 14.6 Å². The van der Waals surface area contributed by atoms with E-state index in [9.17, 15) is 4.79 Å². The summed E-state index contributed by atoms with van der Waals surface area (Å²) in [6, 6.07) is 12.4. The van der Waals surface area contributed by atoms with Crippen molar-refractivity contribution in [3.8, 4) is 0 Å². The van der Waals surface area contributed by atoms with Gasteiger partial charge in [-0.05, 0) is 47.5 Å². The summed E-state index contributed by atoms with van der Waals surface area (Å²) in [6.45, 7) is 8.44. The number of nitrogens with zero attached hydrogens (tertiary/aromatic N) is 3. The van der Waals surface area contributed by atoms with Gasteiger partial charge in [-0.25, -0.2) is 0 Å². The van der Waals surface area contributed by atoms with Gasteiger partial charge >= 0.3 is 0 Å². The van der Waals surface area contributed by atoms with Crippen LogP contribution in [-0.2, 0) is 11.2 Å². The maximum absolute atomic E-state index is 13.0. The summed E-state index contributed by atoms with van der Waals surface area (Å²) >= 11 is 3.20. The molecule has 0 fully saturated rings. The highest BCUT2D eigenvalue weighted by molar-refractivity contribution is 8.00. The molecule has 1 N–H and O–H groups in total. The summed E-state index contributed by atoms with van der Waals surface area (Å²) in [7, 11) is 0. The van der Waals surface area contributed by atoms with Crippen molar-refractivity contribution < 1.29 is 4.79 Å². The van der Waals surface area contributed by atoms with Crippen molar-refractivity contribution >= 4 is 50.4 Å². The Labute approximate surface area is 184 Å². The summed E-state index contributed by atoms with van der Waals surface area (Å²) in [5.41, 5.74) is 4.27. The second-order valence-corrected chi connectivity index (χ2v) is 9.73. The molecule has 0 saturated carbocycles. The Morgan fingerprint density at radius 1 is 1.13 bits per heavy atom. The van der Waals surface area contributed by atoms with Crippen LogP contribution in [0.15, 0.2) is 46.8 Å². The van der Waals surface area contributed by atoms with Gasteiger partial charge in [0, 0.05) is 12.1 Å². The zero-order chi connectivity index (χ0) is 21.3. The number of anilines is 1. The molecule has 30 heavy (non-hydrogen) atoms. The number of nitrogens with one attached hydrogen (secondary N) is 1. The number of benzene rings is 1. The minimum Gasteiger partial charge on any atom is -0.325 e. The third kappa shape index (κ3) is 3.96. The molecule has 0 radical (unpaired) electrons. The smallest absolute Gasteiger partial charge is 0.237 e. The van der Waals surface area contributed by atoms with E-state index in [1.807, 2.05) is 19.1 Å². The van der Waals surface area contributed by atoms with Crippen molar-refractivity contribution in [2.24, 2.45) is 0 Å². The number of fused-ring (bicyclic) bond motifs is 3. The zero-order valence-electron chi connectivity index (χ0n) is 17.7. The standard InChI is InChI=1S/C23H26N4OS2/c1-5-19(22(28)24-16-9-7-15(8-10-16)14(3)4)30-23-18-13-20-17(11-12-29-20)27(18)21(6-2)25-26-23/h7-14,19H,5-6H2,1-4H3,(H,24,28). The molecule has 0 spiro atoms. The van der Waals surface area contributed by atoms with Crippen molar-refractivity contribution in [3.63, 3.8) is 0 Å². The first-order valence-electron chi connectivity index (χ1n) is 10.3. The molecule has 0 aliphatic heterocycles. The monoisotopic (exact) mass is 438 g/mol. The Hall–Kier alpha value is -2.38. The molecule has 1 unspecified atom stereocenters. The van der Waals surface area contributed by atoms with E-state index in [2.05, 4.69) is 70.3 Å². The highest BCUT2D eigenvalue weighted by Gasteiger charge is 2.22. The predicted molar refractivity (Wildman–Crippen MR) is 127 cm³/mol. The second-order valence-electron chi connectivity index (χ2n) is 7.59.